The van der Waals surface area contributed by atoms with Crippen LogP contribution in [0.1, 0.15) is 22.2 Å². The summed E-state index contributed by atoms with van der Waals surface area (Å²) in [5.74, 6) is -1.38. The molecule has 0 saturated heterocycles. The summed E-state index contributed by atoms with van der Waals surface area (Å²) in [4.78, 5) is 25.8. The zero-order chi connectivity index (χ0) is 17.5. The van der Waals surface area contributed by atoms with Gasteiger partial charge in [-0.25, -0.2) is 13.2 Å². The van der Waals surface area contributed by atoms with E-state index in [0.717, 1.165) is 16.2 Å². The number of carbonyl (C=O) groups excluding carboxylic acids is 1. The van der Waals surface area contributed by atoms with Crippen molar-refractivity contribution in [2.24, 2.45) is 5.73 Å². The number of oxazole rings is 1. The zero-order valence-electron chi connectivity index (χ0n) is 12.5. The van der Waals surface area contributed by atoms with E-state index in [1.165, 1.54) is 18.2 Å². The van der Waals surface area contributed by atoms with E-state index in [1.54, 1.807) is 6.07 Å². The molecule has 10 heteroatoms. The number of hydrogen-bond donors (Lipinski definition) is 3. The topological polar surface area (TPSA) is 135 Å². The van der Waals surface area contributed by atoms with E-state index in [9.17, 15) is 18.0 Å². The molecule has 24 heavy (non-hydrogen) atoms. The summed E-state index contributed by atoms with van der Waals surface area (Å²) in [6, 6.07) is 5.55. The van der Waals surface area contributed by atoms with Gasteiger partial charge < -0.3 is 10.2 Å². The zero-order valence-corrected chi connectivity index (χ0v) is 14.1. The lowest BCUT2D eigenvalue weighted by Gasteiger charge is -2.07. The van der Waals surface area contributed by atoms with E-state index in [4.69, 9.17) is 10.2 Å². The third-order valence-electron chi connectivity index (χ3n) is 3.33. The number of rotatable bonds is 5. The Labute approximate surface area is 140 Å². The maximum absolute atomic E-state index is 12.5. The monoisotopic (exact) mass is 367 g/mol. The minimum atomic E-state index is -3.97. The van der Waals surface area contributed by atoms with Crippen LogP contribution in [0.25, 0.3) is 11.1 Å². The highest BCUT2D eigenvalue weighted by Gasteiger charge is 2.21. The van der Waals surface area contributed by atoms with Gasteiger partial charge in [-0.2, -0.15) is 0 Å². The number of primary amides is 1. The minimum absolute atomic E-state index is 0.0976. The number of H-pyrrole nitrogens is 1. The maximum Gasteiger partial charge on any atom is 0.417 e. The summed E-state index contributed by atoms with van der Waals surface area (Å²) in [7, 11) is -3.97. The number of carbonyl (C=O) groups is 1. The van der Waals surface area contributed by atoms with Crippen molar-refractivity contribution in [2.45, 2.75) is 18.2 Å². The number of aromatic amines is 1. The largest absolute Gasteiger partial charge is 0.417 e. The van der Waals surface area contributed by atoms with E-state index < -0.39 is 21.7 Å². The van der Waals surface area contributed by atoms with Crippen LogP contribution in [0.5, 0.6) is 0 Å². The molecule has 2 aromatic heterocycles. The van der Waals surface area contributed by atoms with Gasteiger partial charge >= 0.3 is 5.76 Å². The number of nitrogens with one attached hydrogen (secondary N) is 2. The average Bonchev–Trinajstić information content (AvgIpc) is 3.07. The number of amides is 1. The van der Waals surface area contributed by atoms with Gasteiger partial charge in [0.1, 0.15) is 5.00 Å². The van der Waals surface area contributed by atoms with Gasteiger partial charge in [-0.1, -0.05) is 6.92 Å². The fourth-order valence-electron chi connectivity index (χ4n) is 2.15. The predicted molar refractivity (Wildman–Crippen MR) is 89.9 cm³/mol. The molecule has 0 unspecified atom stereocenters. The second-order valence-electron chi connectivity index (χ2n) is 4.95. The van der Waals surface area contributed by atoms with Crippen LogP contribution in [0.3, 0.4) is 0 Å². The van der Waals surface area contributed by atoms with E-state index in [0.29, 0.717) is 11.9 Å². The molecule has 3 aromatic rings. The van der Waals surface area contributed by atoms with Crippen molar-refractivity contribution in [2.75, 3.05) is 4.72 Å². The lowest BCUT2D eigenvalue weighted by Crippen LogP contribution is -2.17. The quantitative estimate of drug-likeness (QED) is 0.630. The number of hydrogen-bond acceptors (Lipinski definition) is 6. The van der Waals surface area contributed by atoms with Crippen molar-refractivity contribution < 1.29 is 17.6 Å². The Morgan fingerprint density at radius 1 is 1.38 bits per heavy atom. The average molecular weight is 367 g/mol. The Hall–Kier alpha value is -2.59. The van der Waals surface area contributed by atoms with Gasteiger partial charge in [-0.3, -0.25) is 14.5 Å². The molecule has 0 aliphatic heterocycles. The Morgan fingerprint density at radius 3 is 2.79 bits per heavy atom. The first-order valence-electron chi connectivity index (χ1n) is 6.88. The van der Waals surface area contributed by atoms with Crippen molar-refractivity contribution in [3.8, 4) is 0 Å². The molecule has 0 spiro atoms. The van der Waals surface area contributed by atoms with Crippen LogP contribution >= 0.6 is 11.3 Å². The first kappa shape index (κ1) is 16.3. The van der Waals surface area contributed by atoms with Crippen LogP contribution in [-0.4, -0.2) is 19.3 Å². The van der Waals surface area contributed by atoms with Gasteiger partial charge in [-0.15, -0.1) is 11.3 Å². The van der Waals surface area contributed by atoms with Crippen molar-refractivity contribution in [3.63, 3.8) is 0 Å². The molecular weight excluding hydrogens is 354 g/mol. The van der Waals surface area contributed by atoms with Crippen LogP contribution in [0.2, 0.25) is 0 Å². The van der Waals surface area contributed by atoms with E-state index in [1.807, 2.05) is 6.92 Å². The molecule has 4 N–H and O–H groups in total. The molecule has 2 heterocycles. The van der Waals surface area contributed by atoms with Gasteiger partial charge in [0.15, 0.2) is 5.58 Å². The number of aromatic nitrogens is 1. The van der Waals surface area contributed by atoms with Crippen LogP contribution in [0.4, 0.5) is 5.00 Å². The predicted octanol–water partition coefficient (Wildman–Crippen LogP) is 1.64. The minimum Gasteiger partial charge on any atom is -0.408 e. The molecule has 3 rings (SSSR count). The van der Waals surface area contributed by atoms with Crippen molar-refractivity contribution >= 4 is 43.4 Å². The van der Waals surface area contributed by atoms with E-state index in [2.05, 4.69) is 9.71 Å². The lowest BCUT2D eigenvalue weighted by molar-refractivity contribution is 0.100. The summed E-state index contributed by atoms with van der Waals surface area (Å²) >= 11 is 1.15. The van der Waals surface area contributed by atoms with E-state index in [-0.39, 0.29) is 21.0 Å². The number of sulfonamides is 1. The number of nitrogens with two attached hydrogens (primary N) is 1. The maximum atomic E-state index is 12.5. The molecule has 1 aromatic carbocycles. The van der Waals surface area contributed by atoms with Crippen LogP contribution in [-0.2, 0) is 16.4 Å². The fraction of sp³-hybridized carbons (Fsp3) is 0.143. The van der Waals surface area contributed by atoms with Gasteiger partial charge in [0.05, 0.1) is 16.0 Å². The number of fused-ring (bicyclic) bond motifs is 1. The van der Waals surface area contributed by atoms with Crippen LogP contribution in [0.15, 0.2) is 38.4 Å². The van der Waals surface area contributed by atoms with Crippen LogP contribution < -0.4 is 16.2 Å². The van der Waals surface area contributed by atoms with Crippen molar-refractivity contribution in [1.82, 2.24) is 4.98 Å². The highest BCUT2D eigenvalue weighted by atomic mass is 32.2. The number of aryl methyl sites for hydroxylation is 1. The standard InChI is InChI=1S/C14H13N3O5S2/c1-2-7-5-9(12(15)18)13(23-7)17-24(20,21)8-3-4-10-11(6-8)22-14(19)16-10/h3-6,17H,2H2,1H3,(H2,15,18)(H,16,19). The molecule has 126 valence electrons. The molecule has 0 atom stereocenters. The molecule has 0 aliphatic carbocycles. The second-order valence-corrected chi connectivity index (χ2v) is 7.77. The Bertz CT molecular complexity index is 1090. The molecule has 0 bridgehead atoms. The van der Waals surface area contributed by atoms with Gasteiger partial charge in [0, 0.05) is 10.9 Å². The third kappa shape index (κ3) is 2.93. The molecule has 0 radical (unpaired) electrons. The third-order valence-corrected chi connectivity index (χ3v) is 6.00. The Kier molecular flexibility index (Phi) is 3.93. The summed E-state index contributed by atoms with van der Waals surface area (Å²) in [6.45, 7) is 1.89. The molecule has 0 saturated carbocycles. The van der Waals surface area contributed by atoms with E-state index >= 15 is 0 Å². The van der Waals surface area contributed by atoms with Crippen molar-refractivity contribution in [3.05, 3.63) is 45.3 Å². The Morgan fingerprint density at radius 2 is 2.12 bits per heavy atom. The molecule has 0 fully saturated rings. The van der Waals surface area contributed by atoms with Crippen molar-refractivity contribution in [1.29, 1.82) is 0 Å². The molecular formula is C14H13N3O5S2. The van der Waals surface area contributed by atoms with Gasteiger partial charge in [-0.05, 0) is 24.6 Å². The highest BCUT2D eigenvalue weighted by molar-refractivity contribution is 7.93. The number of benzene rings is 1. The fourth-order valence-corrected chi connectivity index (χ4v) is 4.48. The summed E-state index contributed by atoms with van der Waals surface area (Å²) in [5, 5.41) is 0.162. The highest BCUT2D eigenvalue weighted by Crippen LogP contribution is 2.30. The molecule has 0 aliphatic rings. The van der Waals surface area contributed by atoms with Gasteiger partial charge in [0.2, 0.25) is 0 Å². The van der Waals surface area contributed by atoms with Gasteiger partial charge in [0.25, 0.3) is 15.9 Å². The SMILES string of the molecule is CCc1cc(C(N)=O)c(NS(=O)(=O)c2ccc3[nH]c(=O)oc3c2)s1. The van der Waals surface area contributed by atoms with Crippen LogP contribution in [0, 0.1) is 0 Å². The molecule has 8 nitrogen and oxygen atoms in total. The molecule has 1 amide bonds. The summed E-state index contributed by atoms with van der Waals surface area (Å²) < 4.78 is 32.3. The second kappa shape index (κ2) is 5.80. The normalized spacial score (nSPS) is 11.7. The number of anilines is 1. The Balaban J connectivity index is 2.02. The first-order valence-corrected chi connectivity index (χ1v) is 9.18. The number of thiophene rings is 1. The smallest absolute Gasteiger partial charge is 0.408 e. The summed E-state index contributed by atoms with van der Waals surface area (Å²) in [5.41, 5.74) is 5.93. The summed E-state index contributed by atoms with van der Waals surface area (Å²) in [6.07, 6.45) is 0.646. The lowest BCUT2D eigenvalue weighted by atomic mass is 10.2. The first-order chi connectivity index (χ1) is 11.3.